The van der Waals surface area contributed by atoms with Crippen molar-refractivity contribution in [3.8, 4) is 11.5 Å². The zero-order valence-corrected chi connectivity index (χ0v) is 11.3. The van der Waals surface area contributed by atoms with Crippen LogP contribution in [0.15, 0.2) is 42.7 Å². The molecule has 5 nitrogen and oxygen atoms in total. The highest BCUT2D eigenvalue weighted by Gasteiger charge is 2.18. The van der Waals surface area contributed by atoms with Crippen LogP contribution in [0.4, 0.5) is 0 Å². The van der Waals surface area contributed by atoms with E-state index in [1.807, 2.05) is 54.9 Å². The summed E-state index contributed by atoms with van der Waals surface area (Å²) >= 11 is 0. The molecule has 0 unspecified atom stereocenters. The standard InChI is InChI=1S/C15H14N4O/c1-11-14(10-20)15(18-9-8-16-12(18)2)19(17-11)13-6-4-3-5-7-13/h3-10H,1-2H3. The predicted octanol–water partition coefficient (Wildman–Crippen LogP) is 2.49. The molecule has 0 fully saturated rings. The van der Waals surface area contributed by atoms with Crippen LogP contribution in [-0.4, -0.2) is 25.6 Å². The van der Waals surface area contributed by atoms with Crippen LogP contribution >= 0.6 is 0 Å². The summed E-state index contributed by atoms with van der Waals surface area (Å²) in [5.41, 5.74) is 2.19. The number of hydrogen-bond donors (Lipinski definition) is 0. The molecule has 5 heteroatoms. The van der Waals surface area contributed by atoms with Gasteiger partial charge in [-0.05, 0) is 26.0 Å². The van der Waals surface area contributed by atoms with Gasteiger partial charge in [-0.2, -0.15) is 5.10 Å². The molecule has 2 heterocycles. The number of aryl methyl sites for hydroxylation is 2. The van der Waals surface area contributed by atoms with Crippen molar-refractivity contribution in [2.24, 2.45) is 0 Å². The fourth-order valence-corrected chi connectivity index (χ4v) is 2.25. The maximum Gasteiger partial charge on any atom is 0.155 e. The SMILES string of the molecule is Cc1nn(-c2ccccc2)c(-n2ccnc2C)c1C=O. The van der Waals surface area contributed by atoms with E-state index in [4.69, 9.17) is 0 Å². The zero-order chi connectivity index (χ0) is 14.1. The average molecular weight is 266 g/mol. The molecule has 0 saturated heterocycles. The Labute approximate surface area is 116 Å². The molecule has 0 spiro atoms. The highest BCUT2D eigenvalue weighted by atomic mass is 16.1. The van der Waals surface area contributed by atoms with Crippen molar-refractivity contribution in [1.82, 2.24) is 19.3 Å². The quantitative estimate of drug-likeness (QED) is 0.684. The number of benzene rings is 1. The largest absolute Gasteiger partial charge is 0.298 e. The summed E-state index contributed by atoms with van der Waals surface area (Å²) in [5, 5.41) is 4.49. The van der Waals surface area contributed by atoms with E-state index in [0.29, 0.717) is 11.3 Å². The molecular weight excluding hydrogens is 252 g/mol. The first kappa shape index (κ1) is 12.3. The summed E-state index contributed by atoms with van der Waals surface area (Å²) in [7, 11) is 0. The van der Waals surface area contributed by atoms with Crippen LogP contribution in [0.5, 0.6) is 0 Å². The van der Waals surface area contributed by atoms with Crippen molar-refractivity contribution < 1.29 is 4.79 Å². The van der Waals surface area contributed by atoms with E-state index < -0.39 is 0 Å². The van der Waals surface area contributed by atoms with Crippen LogP contribution in [0.25, 0.3) is 11.5 Å². The Morgan fingerprint density at radius 2 is 1.90 bits per heavy atom. The fraction of sp³-hybridized carbons (Fsp3) is 0.133. The third-order valence-corrected chi connectivity index (χ3v) is 3.25. The molecule has 0 radical (unpaired) electrons. The summed E-state index contributed by atoms with van der Waals surface area (Å²) < 4.78 is 3.64. The number of hydrogen-bond acceptors (Lipinski definition) is 3. The van der Waals surface area contributed by atoms with Gasteiger partial charge in [-0.25, -0.2) is 9.67 Å². The van der Waals surface area contributed by atoms with E-state index in [0.717, 1.165) is 23.6 Å². The van der Waals surface area contributed by atoms with Gasteiger partial charge in [-0.1, -0.05) is 18.2 Å². The van der Waals surface area contributed by atoms with Crippen LogP contribution in [0.3, 0.4) is 0 Å². The number of carbonyl (C=O) groups excluding carboxylic acids is 1. The van der Waals surface area contributed by atoms with Gasteiger partial charge in [0.25, 0.3) is 0 Å². The smallest absolute Gasteiger partial charge is 0.155 e. The minimum Gasteiger partial charge on any atom is -0.298 e. The van der Waals surface area contributed by atoms with Crippen LogP contribution < -0.4 is 0 Å². The summed E-state index contributed by atoms with van der Waals surface area (Å²) in [5.74, 6) is 1.53. The number of aldehydes is 1. The van der Waals surface area contributed by atoms with E-state index in [2.05, 4.69) is 10.1 Å². The van der Waals surface area contributed by atoms with Gasteiger partial charge >= 0.3 is 0 Å². The lowest BCUT2D eigenvalue weighted by Gasteiger charge is -2.10. The number of imidazole rings is 1. The molecule has 20 heavy (non-hydrogen) atoms. The Hall–Kier alpha value is -2.69. The molecule has 0 N–H and O–H groups in total. The van der Waals surface area contributed by atoms with Gasteiger partial charge in [0.05, 0.1) is 16.9 Å². The molecule has 0 aliphatic rings. The Bertz CT molecular complexity index is 756. The van der Waals surface area contributed by atoms with Crippen molar-refractivity contribution in [3.63, 3.8) is 0 Å². The van der Waals surface area contributed by atoms with Gasteiger partial charge in [-0.15, -0.1) is 0 Å². The molecule has 1 aromatic carbocycles. The number of rotatable bonds is 3. The molecule has 0 amide bonds. The molecule has 0 aliphatic heterocycles. The topological polar surface area (TPSA) is 52.7 Å². The fourth-order valence-electron chi connectivity index (χ4n) is 2.25. The highest BCUT2D eigenvalue weighted by molar-refractivity contribution is 5.82. The molecule has 100 valence electrons. The van der Waals surface area contributed by atoms with E-state index in [1.54, 1.807) is 10.9 Å². The Balaban J connectivity index is 2.32. The number of para-hydroxylation sites is 1. The maximum atomic E-state index is 11.4. The molecule has 2 aromatic heterocycles. The summed E-state index contributed by atoms with van der Waals surface area (Å²) in [6, 6.07) is 9.74. The predicted molar refractivity (Wildman–Crippen MR) is 75.5 cm³/mol. The Kier molecular flexibility index (Phi) is 2.95. The number of aromatic nitrogens is 4. The van der Waals surface area contributed by atoms with Crippen molar-refractivity contribution in [2.45, 2.75) is 13.8 Å². The number of carbonyl (C=O) groups is 1. The average Bonchev–Trinajstić information content (AvgIpc) is 3.02. The zero-order valence-electron chi connectivity index (χ0n) is 11.3. The molecule has 0 saturated carbocycles. The first-order chi connectivity index (χ1) is 9.72. The second kappa shape index (κ2) is 4.77. The van der Waals surface area contributed by atoms with Gasteiger partial charge in [0.1, 0.15) is 5.82 Å². The maximum absolute atomic E-state index is 11.4. The third kappa shape index (κ3) is 1.84. The molecule has 3 rings (SSSR count). The van der Waals surface area contributed by atoms with Gasteiger partial charge in [0.15, 0.2) is 12.1 Å². The summed E-state index contributed by atoms with van der Waals surface area (Å²) in [6.07, 6.45) is 4.39. The van der Waals surface area contributed by atoms with Gasteiger partial charge < -0.3 is 0 Å². The normalized spacial score (nSPS) is 10.7. The summed E-state index contributed by atoms with van der Waals surface area (Å²) in [6.45, 7) is 3.73. The highest BCUT2D eigenvalue weighted by Crippen LogP contribution is 2.22. The van der Waals surface area contributed by atoms with Crippen molar-refractivity contribution in [2.75, 3.05) is 0 Å². The van der Waals surface area contributed by atoms with Gasteiger partial charge in [-0.3, -0.25) is 9.36 Å². The summed E-state index contributed by atoms with van der Waals surface area (Å²) in [4.78, 5) is 15.6. The third-order valence-electron chi connectivity index (χ3n) is 3.25. The second-order valence-electron chi connectivity index (χ2n) is 4.53. The van der Waals surface area contributed by atoms with E-state index >= 15 is 0 Å². The first-order valence-corrected chi connectivity index (χ1v) is 6.33. The van der Waals surface area contributed by atoms with Crippen molar-refractivity contribution >= 4 is 6.29 Å². The van der Waals surface area contributed by atoms with E-state index in [9.17, 15) is 4.79 Å². The van der Waals surface area contributed by atoms with E-state index in [-0.39, 0.29) is 0 Å². The van der Waals surface area contributed by atoms with Crippen molar-refractivity contribution in [3.05, 3.63) is 59.8 Å². The van der Waals surface area contributed by atoms with Gasteiger partial charge in [0, 0.05) is 12.4 Å². The lowest BCUT2D eigenvalue weighted by molar-refractivity contribution is 0.112. The molecule has 3 aromatic rings. The second-order valence-corrected chi connectivity index (χ2v) is 4.53. The molecule has 0 aliphatic carbocycles. The first-order valence-electron chi connectivity index (χ1n) is 6.33. The molecular formula is C15H14N4O. The Morgan fingerprint density at radius 3 is 2.50 bits per heavy atom. The monoisotopic (exact) mass is 266 g/mol. The lowest BCUT2D eigenvalue weighted by Crippen LogP contribution is -2.07. The molecule has 0 atom stereocenters. The van der Waals surface area contributed by atoms with Crippen LogP contribution in [0.1, 0.15) is 21.9 Å². The van der Waals surface area contributed by atoms with Crippen molar-refractivity contribution in [1.29, 1.82) is 0 Å². The molecule has 0 bridgehead atoms. The van der Waals surface area contributed by atoms with Crippen LogP contribution in [0.2, 0.25) is 0 Å². The Morgan fingerprint density at radius 1 is 1.15 bits per heavy atom. The van der Waals surface area contributed by atoms with E-state index in [1.165, 1.54) is 0 Å². The van der Waals surface area contributed by atoms with Crippen LogP contribution in [-0.2, 0) is 0 Å². The van der Waals surface area contributed by atoms with Crippen LogP contribution in [0, 0.1) is 13.8 Å². The minimum atomic E-state index is 0.579. The lowest BCUT2D eigenvalue weighted by atomic mass is 10.2. The van der Waals surface area contributed by atoms with Gasteiger partial charge in [0.2, 0.25) is 0 Å². The number of nitrogens with zero attached hydrogens (tertiary/aromatic N) is 4. The minimum absolute atomic E-state index is 0.579.